The van der Waals surface area contributed by atoms with Gasteiger partial charge in [-0.1, -0.05) is 60.2 Å². The van der Waals surface area contributed by atoms with E-state index in [0.717, 1.165) is 13.1 Å². The van der Waals surface area contributed by atoms with Gasteiger partial charge in [-0.05, 0) is 18.1 Å². The van der Waals surface area contributed by atoms with Gasteiger partial charge < -0.3 is 15.5 Å². The number of aryl methyl sites for hydroxylation is 1. The Labute approximate surface area is 134 Å². The highest BCUT2D eigenvalue weighted by atomic mass is 16.4. The first kappa shape index (κ1) is 16.7. The number of carbonyl (C=O) groups is 2. The molecule has 1 aliphatic heterocycles. The van der Waals surface area contributed by atoms with Crippen molar-refractivity contribution in [3.8, 4) is 0 Å². The van der Waals surface area contributed by atoms with Crippen molar-refractivity contribution in [1.82, 2.24) is 5.32 Å². The third kappa shape index (κ3) is 3.76. The van der Waals surface area contributed by atoms with Crippen LogP contribution in [0.15, 0.2) is 54.6 Å². The van der Waals surface area contributed by atoms with Gasteiger partial charge in [-0.3, -0.25) is 0 Å². The lowest BCUT2D eigenvalue weighted by atomic mass is 9.70. The van der Waals surface area contributed by atoms with Crippen molar-refractivity contribution in [2.24, 2.45) is 0 Å². The molecular formula is C18H19NO4. The first-order valence-corrected chi connectivity index (χ1v) is 7.25. The average Bonchev–Trinajstić information content (AvgIpc) is 2.50. The topological polar surface area (TPSA) is 86.6 Å². The molecule has 0 unspecified atom stereocenters. The van der Waals surface area contributed by atoms with E-state index in [2.05, 4.69) is 66.8 Å². The predicted octanol–water partition coefficient (Wildman–Crippen LogP) is 2.04. The van der Waals surface area contributed by atoms with Gasteiger partial charge in [-0.2, -0.15) is 0 Å². The molecule has 0 atom stereocenters. The largest absolute Gasteiger partial charge is 0.473 e. The van der Waals surface area contributed by atoms with Crippen molar-refractivity contribution in [3.63, 3.8) is 0 Å². The number of hydrogen-bond acceptors (Lipinski definition) is 3. The standard InChI is InChI=1S/C16H17N.C2H2O4/c1-13-7-9-15(10-8-13)16(11-17-12-16)14-5-3-2-4-6-14;3-1(4)2(5)6/h2-10,17H,11-12H2,1H3;(H,3,4)(H,5,6). The number of benzene rings is 2. The van der Waals surface area contributed by atoms with Crippen molar-refractivity contribution in [2.75, 3.05) is 13.1 Å². The molecule has 1 saturated heterocycles. The molecule has 23 heavy (non-hydrogen) atoms. The summed E-state index contributed by atoms with van der Waals surface area (Å²) in [5, 5.41) is 18.2. The van der Waals surface area contributed by atoms with Gasteiger partial charge in [0.1, 0.15) is 0 Å². The number of hydrogen-bond donors (Lipinski definition) is 3. The van der Waals surface area contributed by atoms with E-state index in [1.54, 1.807) is 0 Å². The third-order valence-corrected chi connectivity index (χ3v) is 3.97. The fourth-order valence-electron chi connectivity index (χ4n) is 2.58. The summed E-state index contributed by atoms with van der Waals surface area (Å²) in [7, 11) is 0. The number of nitrogens with one attached hydrogen (secondary N) is 1. The van der Waals surface area contributed by atoms with Crippen LogP contribution in [0.25, 0.3) is 0 Å². The van der Waals surface area contributed by atoms with E-state index in [1.807, 2.05) is 0 Å². The smallest absolute Gasteiger partial charge is 0.414 e. The fourth-order valence-corrected chi connectivity index (χ4v) is 2.58. The van der Waals surface area contributed by atoms with Gasteiger partial charge >= 0.3 is 11.9 Å². The van der Waals surface area contributed by atoms with Crippen LogP contribution in [-0.2, 0) is 15.0 Å². The molecule has 120 valence electrons. The minimum atomic E-state index is -1.82. The van der Waals surface area contributed by atoms with E-state index in [1.165, 1.54) is 16.7 Å². The van der Waals surface area contributed by atoms with Gasteiger partial charge in [-0.25, -0.2) is 9.59 Å². The molecule has 2 aromatic carbocycles. The zero-order valence-corrected chi connectivity index (χ0v) is 12.8. The van der Waals surface area contributed by atoms with Crippen LogP contribution in [0.4, 0.5) is 0 Å². The van der Waals surface area contributed by atoms with Crippen LogP contribution in [0, 0.1) is 6.92 Å². The molecule has 2 aromatic rings. The Balaban J connectivity index is 0.000000277. The molecule has 0 bridgehead atoms. The lowest BCUT2D eigenvalue weighted by Crippen LogP contribution is -2.57. The van der Waals surface area contributed by atoms with Crippen LogP contribution in [0.1, 0.15) is 16.7 Å². The van der Waals surface area contributed by atoms with E-state index in [-0.39, 0.29) is 5.41 Å². The van der Waals surface area contributed by atoms with Gasteiger partial charge in [0, 0.05) is 18.5 Å². The van der Waals surface area contributed by atoms with E-state index >= 15 is 0 Å². The number of carboxylic acid groups (broad SMARTS) is 2. The zero-order chi connectivity index (χ0) is 16.9. The van der Waals surface area contributed by atoms with Crippen molar-refractivity contribution < 1.29 is 19.8 Å². The maximum Gasteiger partial charge on any atom is 0.414 e. The second-order valence-electron chi connectivity index (χ2n) is 5.53. The lowest BCUT2D eigenvalue weighted by Gasteiger charge is -2.44. The van der Waals surface area contributed by atoms with Gasteiger partial charge in [0.05, 0.1) is 0 Å². The van der Waals surface area contributed by atoms with Gasteiger partial charge in [-0.15, -0.1) is 0 Å². The predicted molar refractivity (Wildman–Crippen MR) is 86.5 cm³/mol. The lowest BCUT2D eigenvalue weighted by molar-refractivity contribution is -0.159. The van der Waals surface area contributed by atoms with Crippen LogP contribution >= 0.6 is 0 Å². The first-order chi connectivity index (χ1) is 11.0. The Kier molecular flexibility index (Phi) is 5.13. The second kappa shape index (κ2) is 7.07. The molecule has 5 heteroatoms. The number of rotatable bonds is 2. The van der Waals surface area contributed by atoms with E-state index in [4.69, 9.17) is 19.8 Å². The number of aliphatic carboxylic acids is 2. The summed E-state index contributed by atoms with van der Waals surface area (Å²) in [6.07, 6.45) is 0. The zero-order valence-electron chi connectivity index (χ0n) is 12.8. The highest BCUT2D eigenvalue weighted by Gasteiger charge is 2.39. The highest BCUT2D eigenvalue weighted by molar-refractivity contribution is 6.27. The Morgan fingerprint density at radius 3 is 1.74 bits per heavy atom. The maximum atomic E-state index is 9.10. The summed E-state index contributed by atoms with van der Waals surface area (Å²) >= 11 is 0. The molecule has 5 nitrogen and oxygen atoms in total. The summed E-state index contributed by atoms with van der Waals surface area (Å²) < 4.78 is 0. The van der Waals surface area contributed by atoms with E-state index in [0.29, 0.717) is 0 Å². The summed E-state index contributed by atoms with van der Waals surface area (Å²) in [6, 6.07) is 19.8. The SMILES string of the molecule is Cc1ccc(C2(c3ccccc3)CNC2)cc1.O=C(O)C(=O)O. The Bertz CT molecular complexity index is 664. The molecule has 0 aromatic heterocycles. The molecule has 0 aliphatic carbocycles. The number of carboxylic acids is 2. The average molecular weight is 313 g/mol. The second-order valence-corrected chi connectivity index (χ2v) is 5.53. The normalized spacial score (nSPS) is 14.8. The molecule has 0 spiro atoms. The van der Waals surface area contributed by atoms with Crippen LogP contribution in [-0.4, -0.2) is 35.2 Å². The molecule has 1 aliphatic rings. The van der Waals surface area contributed by atoms with Crippen LogP contribution < -0.4 is 5.32 Å². The molecule has 3 N–H and O–H groups in total. The van der Waals surface area contributed by atoms with Crippen LogP contribution in [0.5, 0.6) is 0 Å². The van der Waals surface area contributed by atoms with Gasteiger partial charge in [0.2, 0.25) is 0 Å². The summed E-state index contributed by atoms with van der Waals surface area (Å²) in [5.41, 5.74) is 4.36. The first-order valence-electron chi connectivity index (χ1n) is 7.25. The highest BCUT2D eigenvalue weighted by Crippen LogP contribution is 2.35. The van der Waals surface area contributed by atoms with Crippen molar-refractivity contribution in [2.45, 2.75) is 12.3 Å². The maximum absolute atomic E-state index is 9.10. The minimum Gasteiger partial charge on any atom is -0.473 e. The summed E-state index contributed by atoms with van der Waals surface area (Å²) in [6.45, 7) is 4.22. The van der Waals surface area contributed by atoms with Crippen molar-refractivity contribution in [1.29, 1.82) is 0 Å². The van der Waals surface area contributed by atoms with Crippen molar-refractivity contribution in [3.05, 3.63) is 71.3 Å². The monoisotopic (exact) mass is 313 g/mol. The minimum absolute atomic E-state index is 0.189. The van der Waals surface area contributed by atoms with Crippen LogP contribution in [0.2, 0.25) is 0 Å². The molecule has 3 rings (SSSR count). The Morgan fingerprint density at radius 2 is 1.35 bits per heavy atom. The fraction of sp³-hybridized carbons (Fsp3) is 0.222. The van der Waals surface area contributed by atoms with Crippen molar-refractivity contribution >= 4 is 11.9 Å². The van der Waals surface area contributed by atoms with Gasteiger partial charge in [0.15, 0.2) is 0 Å². The molecule has 0 radical (unpaired) electrons. The molecule has 1 heterocycles. The van der Waals surface area contributed by atoms with Gasteiger partial charge in [0.25, 0.3) is 0 Å². The summed E-state index contributed by atoms with van der Waals surface area (Å²) in [5.74, 6) is -3.65. The molecular weight excluding hydrogens is 294 g/mol. The van der Waals surface area contributed by atoms with E-state index in [9.17, 15) is 0 Å². The Hall–Kier alpha value is -2.66. The molecule has 0 amide bonds. The van der Waals surface area contributed by atoms with Crippen LogP contribution in [0.3, 0.4) is 0 Å². The molecule has 0 saturated carbocycles. The quantitative estimate of drug-likeness (QED) is 0.739. The van der Waals surface area contributed by atoms with E-state index < -0.39 is 11.9 Å². The molecule has 1 fully saturated rings. The third-order valence-electron chi connectivity index (χ3n) is 3.97. The Morgan fingerprint density at radius 1 is 0.870 bits per heavy atom. The summed E-state index contributed by atoms with van der Waals surface area (Å²) in [4.78, 5) is 18.2.